The Labute approximate surface area is 192 Å². The van der Waals surface area contributed by atoms with E-state index in [-0.39, 0.29) is 37.7 Å². The van der Waals surface area contributed by atoms with Crippen LogP contribution in [0.3, 0.4) is 0 Å². The molecule has 0 atom stereocenters. The summed E-state index contributed by atoms with van der Waals surface area (Å²) in [6.45, 7) is 2.59. The van der Waals surface area contributed by atoms with Gasteiger partial charge in [-0.3, -0.25) is 18.7 Å². The molecule has 33 heavy (non-hydrogen) atoms. The van der Waals surface area contributed by atoms with Crippen LogP contribution in [0.1, 0.15) is 18.9 Å². The Morgan fingerprint density at radius 1 is 0.939 bits per heavy atom. The number of imidazole rings is 1. The van der Waals surface area contributed by atoms with Gasteiger partial charge in [-0.15, -0.1) is 0 Å². The van der Waals surface area contributed by atoms with Crippen LogP contribution in [0.2, 0.25) is 0 Å². The van der Waals surface area contributed by atoms with E-state index in [4.69, 9.17) is 14.2 Å². The third kappa shape index (κ3) is 5.36. The minimum absolute atomic E-state index is 0.0513. The first-order valence-electron chi connectivity index (χ1n) is 10.7. The van der Waals surface area contributed by atoms with Crippen LogP contribution in [0.5, 0.6) is 11.5 Å². The van der Waals surface area contributed by atoms with Gasteiger partial charge in [0.2, 0.25) is 5.91 Å². The molecule has 0 saturated heterocycles. The van der Waals surface area contributed by atoms with Gasteiger partial charge < -0.3 is 19.1 Å². The van der Waals surface area contributed by atoms with Crippen LogP contribution in [0.4, 0.5) is 0 Å². The van der Waals surface area contributed by atoms with E-state index in [1.807, 2.05) is 31.2 Å². The lowest BCUT2D eigenvalue weighted by Crippen LogP contribution is -2.36. The molecule has 0 saturated carbocycles. The summed E-state index contributed by atoms with van der Waals surface area (Å²) in [4.78, 5) is 39.4. The fourth-order valence-corrected chi connectivity index (χ4v) is 3.79. The van der Waals surface area contributed by atoms with Gasteiger partial charge in [0.05, 0.1) is 32.4 Å². The average molecular weight is 456 g/mol. The van der Waals surface area contributed by atoms with E-state index in [9.17, 15) is 14.4 Å². The maximum Gasteiger partial charge on any atom is 0.329 e. The number of methoxy groups -OCH3 is 3. The topological polar surface area (TPSA) is 92.0 Å². The van der Waals surface area contributed by atoms with E-state index in [1.54, 1.807) is 41.6 Å². The maximum absolute atomic E-state index is 13.1. The number of amides is 1. The van der Waals surface area contributed by atoms with Crippen LogP contribution in [0.25, 0.3) is 11.0 Å². The van der Waals surface area contributed by atoms with Gasteiger partial charge in [0.15, 0.2) is 0 Å². The normalized spacial score (nSPS) is 10.8. The van der Waals surface area contributed by atoms with Crippen molar-refractivity contribution in [3.8, 4) is 11.5 Å². The van der Waals surface area contributed by atoms with E-state index in [1.165, 1.54) is 12.0 Å². The Morgan fingerprint density at radius 2 is 1.55 bits per heavy atom. The number of rotatable bonds is 10. The van der Waals surface area contributed by atoms with E-state index in [0.717, 1.165) is 16.6 Å². The van der Waals surface area contributed by atoms with Crippen LogP contribution in [0.15, 0.2) is 47.3 Å². The van der Waals surface area contributed by atoms with Gasteiger partial charge in [-0.05, 0) is 36.8 Å². The quantitative estimate of drug-likeness (QED) is 0.436. The van der Waals surface area contributed by atoms with Crippen LogP contribution >= 0.6 is 0 Å². The molecule has 0 aliphatic rings. The second-order valence-electron chi connectivity index (χ2n) is 7.46. The summed E-state index contributed by atoms with van der Waals surface area (Å²) < 4.78 is 18.6. The molecule has 3 aromatic rings. The SMILES string of the molecule is CCn1c(=O)n(CCC(=O)N(CC(=O)OC)Cc2cc(OC)cc(OC)c2)c2ccccc21. The van der Waals surface area contributed by atoms with Gasteiger partial charge in [0, 0.05) is 32.1 Å². The number of benzene rings is 2. The zero-order valence-corrected chi connectivity index (χ0v) is 19.4. The monoisotopic (exact) mass is 455 g/mol. The predicted octanol–water partition coefficient (Wildman–Crippen LogP) is 2.43. The molecule has 1 heterocycles. The molecule has 0 fully saturated rings. The average Bonchev–Trinajstić information content (AvgIpc) is 3.11. The Balaban J connectivity index is 1.84. The number of esters is 1. The number of carbonyl (C=O) groups is 2. The molecule has 9 heteroatoms. The van der Waals surface area contributed by atoms with E-state index in [0.29, 0.717) is 18.0 Å². The first kappa shape index (κ1) is 23.9. The lowest BCUT2D eigenvalue weighted by Gasteiger charge is -2.22. The molecule has 0 spiro atoms. The third-order valence-corrected chi connectivity index (χ3v) is 5.48. The molecular weight excluding hydrogens is 426 g/mol. The minimum atomic E-state index is -0.530. The van der Waals surface area contributed by atoms with Crippen molar-refractivity contribution in [2.24, 2.45) is 0 Å². The Hall–Kier alpha value is -3.75. The number of fused-ring (bicyclic) bond motifs is 1. The van der Waals surface area contributed by atoms with Crippen molar-refractivity contribution in [1.29, 1.82) is 0 Å². The molecule has 2 aromatic carbocycles. The largest absolute Gasteiger partial charge is 0.497 e. The van der Waals surface area contributed by atoms with E-state index in [2.05, 4.69) is 0 Å². The number of carbonyl (C=O) groups excluding carboxylic acids is 2. The summed E-state index contributed by atoms with van der Waals surface area (Å²) in [6.07, 6.45) is 0.0513. The van der Waals surface area contributed by atoms with Crippen LogP contribution in [-0.4, -0.2) is 53.8 Å². The van der Waals surface area contributed by atoms with E-state index < -0.39 is 5.97 Å². The second-order valence-corrected chi connectivity index (χ2v) is 7.46. The highest BCUT2D eigenvalue weighted by atomic mass is 16.5. The maximum atomic E-state index is 13.1. The summed E-state index contributed by atoms with van der Waals surface area (Å²) in [5.74, 6) is 0.350. The highest BCUT2D eigenvalue weighted by molar-refractivity contribution is 5.82. The first-order chi connectivity index (χ1) is 15.9. The minimum Gasteiger partial charge on any atom is -0.497 e. The van der Waals surface area contributed by atoms with Gasteiger partial charge in [-0.2, -0.15) is 0 Å². The Kier molecular flexibility index (Phi) is 7.76. The molecule has 9 nitrogen and oxygen atoms in total. The summed E-state index contributed by atoms with van der Waals surface area (Å²) in [7, 11) is 4.36. The van der Waals surface area contributed by atoms with Crippen LogP contribution in [0, 0.1) is 0 Å². The highest BCUT2D eigenvalue weighted by Gasteiger charge is 2.20. The zero-order chi connectivity index (χ0) is 24.0. The lowest BCUT2D eigenvalue weighted by molar-refractivity contribution is -0.147. The third-order valence-electron chi connectivity index (χ3n) is 5.48. The molecule has 0 bridgehead atoms. The smallest absolute Gasteiger partial charge is 0.329 e. The lowest BCUT2D eigenvalue weighted by atomic mass is 10.1. The molecule has 0 aliphatic carbocycles. The first-order valence-corrected chi connectivity index (χ1v) is 10.7. The standard InChI is InChI=1S/C24H29N3O6/c1-5-26-20-8-6-7-9-21(20)27(24(26)30)11-10-22(28)25(16-23(29)33-4)15-17-12-18(31-2)14-19(13-17)32-3/h6-9,12-14H,5,10-11,15-16H2,1-4H3. The number of aromatic nitrogens is 2. The fraction of sp³-hybridized carbons (Fsp3) is 0.375. The van der Waals surface area contributed by atoms with Crippen molar-refractivity contribution >= 4 is 22.9 Å². The fourth-order valence-electron chi connectivity index (χ4n) is 3.79. The summed E-state index contributed by atoms with van der Waals surface area (Å²) in [6, 6.07) is 12.8. The predicted molar refractivity (Wildman–Crippen MR) is 123 cm³/mol. The van der Waals surface area contributed by atoms with E-state index >= 15 is 0 Å². The number of nitrogens with zero attached hydrogens (tertiary/aromatic N) is 3. The molecule has 3 rings (SSSR count). The molecule has 0 aliphatic heterocycles. The number of hydrogen-bond acceptors (Lipinski definition) is 6. The molecule has 0 N–H and O–H groups in total. The van der Waals surface area contributed by atoms with Crippen molar-refractivity contribution in [1.82, 2.24) is 14.0 Å². The number of aryl methyl sites for hydroxylation is 2. The van der Waals surface area contributed by atoms with Crippen molar-refractivity contribution in [2.45, 2.75) is 33.0 Å². The van der Waals surface area contributed by atoms with Gasteiger partial charge >= 0.3 is 11.7 Å². The molecule has 176 valence electrons. The number of para-hydroxylation sites is 2. The Bertz CT molecular complexity index is 1170. The summed E-state index contributed by atoms with van der Waals surface area (Å²) in [5.41, 5.74) is 2.17. The zero-order valence-electron chi connectivity index (χ0n) is 19.4. The summed E-state index contributed by atoms with van der Waals surface area (Å²) >= 11 is 0. The highest BCUT2D eigenvalue weighted by Crippen LogP contribution is 2.24. The molecule has 1 aromatic heterocycles. The van der Waals surface area contributed by atoms with Crippen molar-refractivity contribution in [3.05, 3.63) is 58.5 Å². The molecule has 0 unspecified atom stereocenters. The van der Waals surface area contributed by atoms with Gasteiger partial charge in [-0.1, -0.05) is 12.1 Å². The molecule has 0 radical (unpaired) electrons. The van der Waals surface area contributed by atoms with Gasteiger partial charge in [0.25, 0.3) is 0 Å². The number of hydrogen-bond donors (Lipinski definition) is 0. The van der Waals surface area contributed by atoms with Crippen molar-refractivity contribution < 1.29 is 23.8 Å². The molecular formula is C24H29N3O6. The molecule has 1 amide bonds. The number of ether oxygens (including phenoxy) is 3. The van der Waals surface area contributed by atoms with Crippen molar-refractivity contribution in [3.63, 3.8) is 0 Å². The van der Waals surface area contributed by atoms with Gasteiger partial charge in [0.1, 0.15) is 18.0 Å². The van der Waals surface area contributed by atoms with Crippen molar-refractivity contribution in [2.75, 3.05) is 27.9 Å². The van der Waals surface area contributed by atoms with Gasteiger partial charge in [-0.25, -0.2) is 4.79 Å². The van der Waals surface area contributed by atoms with Crippen LogP contribution in [-0.2, 0) is 34.0 Å². The second kappa shape index (κ2) is 10.7. The Morgan fingerprint density at radius 3 is 2.09 bits per heavy atom. The van der Waals surface area contributed by atoms with Crippen LogP contribution < -0.4 is 15.2 Å². The summed E-state index contributed by atoms with van der Waals surface area (Å²) in [5, 5.41) is 0.